The van der Waals surface area contributed by atoms with Gasteiger partial charge in [-0.25, -0.2) is 9.36 Å². The van der Waals surface area contributed by atoms with Gasteiger partial charge >= 0.3 is 19.4 Å². The van der Waals surface area contributed by atoms with E-state index in [1.54, 1.807) is 32.0 Å². The van der Waals surface area contributed by atoms with Crippen LogP contribution in [-0.2, 0) is 18.6 Å². The zero-order valence-corrected chi connectivity index (χ0v) is 20.0. The maximum absolute atomic E-state index is 13.6. The summed E-state index contributed by atoms with van der Waals surface area (Å²) >= 11 is 0. The Hall–Kier alpha value is -2.80. The molecule has 0 radical (unpaired) electrons. The second-order valence-electron chi connectivity index (χ2n) is 8.44. The lowest BCUT2D eigenvalue weighted by atomic mass is 10.1. The van der Waals surface area contributed by atoms with Gasteiger partial charge < -0.3 is 30.3 Å². The van der Waals surface area contributed by atoms with Crippen LogP contribution in [0.25, 0.3) is 0 Å². The number of carbonyl (C=O) groups is 1. The second-order valence-corrected chi connectivity index (χ2v) is 10.1. The number of carboxylic acid groups (broad SMARTS) is 1. The first kappa shape index (κ1) is 26.8. The van der Waals surface area contributed by atoms with Crippen LogP contribution in [0.5, 0.6) is 5.75 Å². The smallest absolute Gasteiger partial charge is 0.459 e. The highest BCUT2D eigenvalue weighted by Crippen LogP contribution is 2.46. The maximum atomic E-state index is 13.6. The highest BCUT2D eigenvalue weighted by Gasteiger charge is 2.46. The van der Waals surface area contributed by atoms with Crippen LogP contribution in [-0.4, -0.2) is 61.8 Å². The number of aliphatic carboxylic acids is 1. The largest absolute Gasteiger partial charge is 0.480 e. The van der Waals surface area contributed by atoms with Crippen molar-refractivity contribution in [1.82, 2.24) is 14.6 Å². The summed E-state index contributed by atoms with van der Waals surface area (Å²) in [6.45, 7) is 3.05. The van der Waals surface area contributed by atoms with Crippen molar-refractivity contribution in [3.8, 4) is 5.75 Å². The minimum absolute atomic E-state index is 0.0291. The highest BCUT2D eigenvalue weighted by molar-refractivity contribution is 7.52. The molecule has 2 unspecified atom stereocenters. The van der Waals surface area contributed by atoms with Gasteiger partial charge in [-0.15, -0.1) is 0 Å². The van der Waals surface area contributed by atoms with Gasteiger partial charge in [0, 0.05) is 6.20 Å². The number of rotatable bonds is 11. The summed E-state index contributed by atoms with van der Waals surface area (Å²) in [5.41, 5.74) is 4.67. The summed E-state index contributed by atoms with van der Waals surface area (Å²) in [6.07, 6.45) is -4.22. The molecule has 1 saturated heterocycles. The number of aromatic nitrogens is 2. The normalized spacial score (nSPS) is 24.7. The Morgan fingerprint density at radius 1 is 1.26 bits per heavy atom. The van der Waals surface area contributed by atoms with E-state index >= 15 is 0 Å². The molecule has 6 atom stereocenters. The Morgan fingerprint density at radius 3 is 2.54 bits per heavy atom. The van der Waals surface area contributed by atoms with Crippen molar-refractivity contribution in [2.75, 3.05) is 12.3 Å². The topological polar surface area (TPSA) is 195 Å². The van der Waals surface area contributed by atoms with Gasteiger partial charge in [-0.1, -0.05) is 32.0 Å². The third-order valence-corrected chi connectivity index (χ3v) is 6.73. The number of nitrogens with one attached hydrogen (secondary N) is 1. The second kappa shape index (κ2) is 11.3. The first-order valence-corrected chi connectivity index (χ1v) is 12.4. The lowest BCUT2D eigenvalue weighted by molar-refractivity contribution is -0.139. The first-order chi connectivity index (χ1) is 16.5. The van der Waals surface area contributed by atoms with Crippen molar-refractivity contribution in [1.29, 1.82) is 0 Å². The molecule has 1 aromatic heterocycles. The molecule has 6 N–H and O–H groups in total. The van der Waals surface area contributed by atoms with E-state index in [-0.39, 0.29) is 23.9 Å². The fourth-order valence-corrected chi connectivity index (χ4v) is 4.99. The number of aliphatic hydroxyl groups is 2. The molecule has 0 bridgehead atoms. The Bertz CT molecular complexity index is 1110. The minimum Gasteiger partial charge on any atom is -0.480 e. The molecule has 35 heavy (non-hydrogen) atoms. The zero-order chi connectivity index (χ0) is 25.8. The molecule has 0 amide bonds. The number of aliphatic hydroxyl groups excluding tert-OH is 2. The van der Waals surface area contributed by atoms with Crippen LogP contribution < -0.4 is 21.0 Å². The Kier molecular flexibility index (Phi) is 8.65. The fraction of sp³-hybridized carbons (Fsp3) is 0.476. The van der Waals surface area contributed by atoms with Gasteiger partial charge in [-0.2, -0.15) is 10.1 Å². The Morgan fingerprint density at radius 2 is 1.94 bits per heavy atom. The van der Waals surface area contributed by atoms with Crippen LogP contribution in [0.4, 0.5) is 5.82 Å². The quantitative estimate of drug-likeness (QED) is 0.265. The van der Waals surface area contributed by atoms with Crippen LogP contribution in [0.1, 0.15) is 26.5 Å². The summed E-state index contributed by atoms with van der Waals surface area (Å²) in [5, 5.41) is 32.9. The molecule has 192 valence electrons. The SMILES string of the molecule is CC(C)C[C@@H](NP(=O)(OCC1O[C@@H](n2ccc(N)nc2=O)[C@H](O)[C@@H]1O)Oc1ccccc1)C(=O)O. The number of ether oxygens (including phenoxy) is 1. The van der Waals surface area contributed by atoms with Gasteiger partial charge in [-0.3, -0.25) is 13.9 Å². The molecule has 1 aliphatic rings. The van der Waals surface area contributed by atoms with Crippen molar-refractivity contribution in [2.24, 2.45) is 5.92 Å². The van der Waals surface area contributed by atoms with Crippen LogP contribution >= 0.6 is 7.75 Å². The van der Waals surface area contributed by atoms with E-state index < -0.39 is 56.6 Å². The van der Waals surface area contributed by atoms with Gasteiger partial charge in [0.2, 0.25) is 0 Å². The molecule has 3 rings (SSSR count). The fourth-order valence-electron chi connectivity index (χ4n) is 3.47. The molecule has 14 heteroatoms. The monoisotopic (exact) mass is 512 g/mol. The predicted molar refractivity (Wildman–Crippen MR) is 123 cm³/mol. The predicted octanol–water partition coefficient (Wildman–Crippen LogP) is 0.737. The number of benzene rings is 1. The van der Waals surface area contributed by atoms with E-state index in [0.29, 0.717) is 0 Å². The van der Waals surface area contributed by atoms with Gasteiger partial charge in [0.15, 0.2) is 6.23 Å². The Labute approximate surface area is 201 Å². The molecule has 1 fully saturated rings. The standard InChI is InChI=1S/C21H29N4O9P/c1-12(2)10-14(20(28)29)24-35(31,34-13-6-4-3-5-7-13)32-11-15-17(26)18(27)19(33-15)25-9-8-16(22)23-21(25)30/h3-9,12,14-15,17-19,26-27H,10-11H2,1-2H3,(H,24,31)(H,28,29)(H2,22,23,30)/t14-,15?,17-,18-,19-,35?/m1/s1. The molecular formula is C21H29N4O9P. The van der Waals surface area contributed by atoms with Gasteiger partial charge in [0.1, 0.15) is 35.9 Å². The number of nitrogen functional groups attached to an aromatic ring is 1. The third-order valence-electron chi connectivity index (χ3n) is 5.16. The average molecular weight is 512 g/mol. The molecule has 1 aromatic carbocycles. The van der Waals surface area contributed by atoms with Gasteiger partial charge in [0.25, 0.3) is 0 Å². The maximum Gasteiger partial charge on any atom is 0.459 e. The number of hydrogen-bond donors (Lipinski definition) is 5. The molecule has 13 nitrogen and oxygen atoms in total. The van der Waals surface area contributed by atoms with E-state index in [1.807, 2.05) is 0 Å². The lowest BCUT2D eigenvalue weighted by Gasteiger charge is -2.25. The van der Waals surface area contributed by atoms with E-state index in [1.165, 1.54) is 24.4 Å². The number of anilines is 1. The summed E-state index contributed by atoms with van der Waals surface area (Å²) in [7, 11) is -4.31. The minimum atomic E-state index is -4.31. The number of nitrogens with two attached hydrogens (primary N) is 1. The van der Waals surface area contributed by atoms with Crippen molar-refractivity contribution in [3.63, 3.8) is 0 Å². The van der Waals surface area contributed by atoms with Gasteiger partial charge in [0.05, 0.1) is 6.61 Å². The number of hydrogen-bond acceptors (Lipinski definition) is 10. The summed E-state index contributed by atoms with van der Waals surface area (Å²) in [6, 6.07) is 8.06. The van der Waals surface area contributed by atoms with Crippen LogP contribution in [0, 0.1) is 5.92 Å². The molecule has 2 heterocycles. The average Bonchev–Trinajstić information content (AvgIpc) is 3.06. The molecule has 0 spiro atoms. The van der Waals surface area contributed by atoms with E-state index in [2.05, 4.69) is 10.1 Å². The van der Waals surface area contributed by atoms with Crippen molar-refractivity contribution >= 4 is 19.5 Å². The summed E-state index contributed by atoms with van der Waals surface area (Å²) in [4.78, 5) is 27.4. The molecule has 0 saturated carbocycles. The van der Waals surface area contributed by atoms with Crippen LogP contribution in [0.2, 0.25) is 0 Å². The Balaban J connectivity index is 1.78. The van der Waals surface area contributed by atoms with Crippen LogP contribution in [0.3, 0.4) is 0 Å². The molecule has 1 aliphatic heterocycles. The number of para-hydroxylation sites is 1. The molecular weight excluding hydrogens is 483 g/mol. The van der Waals surface area contributed by atoms with E-state index in [4.69, 9.17) is 19.5 Å². The van der Waals surface area contributed by atoms with Crippen molar-refractivity contribution in [3.05, 3.63) is 53.1 Å². The van der Waals surface area contributed by atoms with Crippen molar-refractivity contribution < 1.29 is 38.5 Å². The zero-order valence-electron chi connectivity index (χ0n) is 19.1. The number of carboxylic acids is 1. The van der Waals surface area contributed by atoms with E-state index in [0.717, 1.165) is 4.57 Å². The first-order valence-electron chi connectivity index (χ1n) is 10.8. The van der Waals surface area contributed by atoms with Gasteiger partial charge in [-0.05, 0) is 30.5 Å². The summed E-state index contributed by atoms with van der Waals surface area (Å²) in [5.74, 6) is -1.17. The third kappa shape index (κ3) is 6.88. The number of nitrogens with zero attached hydrogens (tertiary/aromatic N) is 2. The van der Waals surface area contributed by atoms with Crippen molar-refractivity contribution in [2.45, 2.75) is 50.8 Å². The highest BCUT2D eigenvalue weighted by atomic mass is 31.2. The summed E-state index contributed by atoms with van der Waals surface area (Å²) < 4.78 is 31.1. The van der Waals surface area contributed by atoms with E-state index in [9.17, 15) is 29.5 Å². The lowest BCUT2D eigenvalue weighted by Crippen LogP contribution is -2.39. The van der Waals surface area contributed by atoms with Crippen LogP contribution in [0.15, 0.2) is 47.4 Å². The molecule has 2 aromatic rings. The molecule has 0 aliphatic carbocycles.